The molecule has 1 amide bonds. The van der Waals surface area contributed by atoms with Crippen LogP contribution in [0.4, 0.5) is 0 Å². The number of nitrogens with one attached hydrogen (secondary N) is 1. The fraction of sp³-hybridized carbons (Fsp3) is 0.881. The molecule has 0 aliphatic carbocycles. The van der Waals surface area contributed by atoms with Crippen LogP contribution in [0.5, 0.6) is 0 Å². The van der Waals surface area contributed by atoms with E-state index in [-0.39, 0.29) is 6.42 Å². The van der Waals surface area contributed by atoms with Gasteiger partial charge in [0.15, 0.2) is 0 Å². The molecule has 4 N–H and O–H groups in total. The highest BCUT2D eigenvalue weighted by molar-refractivity contribution is 7.85. The van der Waals surface area contributed by atoms with E-state index < -0.39 is 40.0 Å². The summed E-state index contributed by atoms with van der Waals surface area (Å²) in [6.07, 6.45) is 42.4. The average Bonchev–Trinajstić information content (AvgIpc) is 3.08. The molecule has 0 aromatic rings. The van der Waals surface area contributed by atoms with Crippen LogP contribution in [-0.4, -0.2) is 53.1 Å². The van der Waals surface area contributed by atoms with Crippen LogP contribution in [0.15, 0.2) is 24.3 Å². The van der Waals surface area contributed by atoms with Gasteiger partial charge in [0.2, 0.25) is 5.91 Å². The third-order valence-corrected chi connectivity index (χ3v) is 10.5. The quantitative estimate of drug-likeness (QED) is 0.0285. The van der Waals surface area contributed by atoms with Crippen LogP contribution in [0.2, 0.25) is 0 Å². The van der Waals surface area contributed by atoms with Crippen LogP contribution < -0.4 is 5.32 Å². The molecule has 0 aliphatic rings. The van der Waals surface area contributed by atoms with Gasteiger partial charge in [0.05, 0.1) is 17.9 Å². The van der Waals surface area contributed by atoms with Crippen LogP contribution >= 0.6 is 0 Å². The lowest BCUT2D eigenvalue weighted by atomic mass is 10.0. The van der Waals surface area contributed by atoms with Gasteiger partial charge in [-0.15, -0.1) is 0 Å². The van der Waals surface area contributed by atoms with Crippen LogP contribution in [0.25, 0.3) is 0 Å². The fourth-order valence-electron chi connectivity index (χ4n) is 6.45. The molecule has 0 aliphatic heterocycles. The van der Waals surface area contributed by atoms with E-state index in [1.165, 1.54) is 147 Å². The number of allylic oxidation sites excluding steroid dienone is 3. The Hall–Kier alpha value is -1.22. The molecule has 0 aromatic carbocycles. The maximum Gasteiger partial charge on any atom is 0.267 e. The van der Waals surface area contributed by atoms with Crippen molar-refractivity contribution in [2.45, 2.75) is 231 Å². The van der Waals surface area contributed by atoms with Crippen molar-refractivity contribution >= 4 is 16.0 Å². The topological polar surface area (TPSA) is 124 Å². The number of aliphatic hydroxyl groups excluding tert-OH is 2. The van der Waals surface area contributed by atoms with Gasteiger partial charge < -0.3 is 15.5 Å². The summed E-state index contributed by atoms with van der Waals surface area (Å²) in [6, 6.07) is -1.23. The van der Waals surface area contributed by atoms with Gasteiger partial charge in [0, 0.05) is 0 Å². The fourth-order valence-corrected chi connectivity index (χ4v) is 7.19. The number of carbonyl (C=O) groups excluding carboxylic acids is 1. The summed E-state index contributed by atoms with van der Waals surface area (Å²) in [5.41, 5.74) is 0. The number of aliphatic hydroxyl groups is 2. The third kappa shape index (κ3) is 35.2. The molecule has 0 saturated heterocycles. The molecule has 0 rings (SSSR count). The number of hydrogen-bond donors (Lipinski definition) is 4. The highest BCUT2D eigenvalue weighted by Gasteiger charge is 2.27. The van der Waals surface area contributed by atoms with Gasteiger partial charge in [-0.2, -0.15) is 8.42 Å². The Morgan fingerprint density at radius 1 is 0.540 bits per heavy atom. The molecular weight excluding hydrogens is 647 g/mol. The molecule has 0 spiro atoms. The monoisotopic (exact) mass is 728 g/mol. The lowest BCUT2D eigenvalue weighted by molar-refractivity contribution is -0.130. The minimum absolute atomic E-state index is 0.275. The summed E-state index contributed by atoms with van der Waals surface area (Å²) in [5.74, 6) is -1.54. The zero-order valence-electron chi connectivity index (χ0n) is 32.6. The standard InChI is InChI=1S/C42H81NO6S/c1-3-5-7-9-11-13-15-17-18-19-20-21-22-23-24-25-27-29-31-33-35-37-41(45)42(46)43-39(38-50(47,48)49)40(44)36-34-32-30-28-26-16-14-12-10-8-6-4-2/h22-23,34,36,39-41,44-45H,3-21,24-33,35,37-38H2,1-2H3,(H,43,46)(H,47,48,49)/b23-22-,36-34+. The normalized spacial score (nSPS) is 14.1. The summed E-state index contributed by atoms with van der Waals surface area (Å²) in [6.45, 7) is 4.50. The van der Waals surface area contributed by atoms with E-state index in [0.717, 1.165) is 44.9 Å². The highest BCUT2D eigenvalue weighted by Crippen LogP contribution is 2.15. The van der Waals surface area contributed by atoms with Crippen molar-refractivity contribution in [3.63, 3.8) is 0 Å². The summed E-state index contributed by atoms with van der Waals surface area (Å²) in [7, 11) is -4.44. The molecule has 3 unspecified atom stereocenters. The zero-order chi connectivity index (χ0) is 37.0. The maximum atomic E-state index is 12.6. The van der Waals surface area contributed by atoms with Crippen molar-refractivity contribution in [1.29, 1.82) is 0 Å². The molecule has 0 aromatic heterocycles. The second-order valence-electron chi connectivity index (χ2n) is 14.8. The highest BCUT2D eigenvalue weighted by atomic mass is 32.2. The average molecular weight is 728 g/mol. The Morgan fingerprint density at radius 2 is 0.880 bits per heavy atom. The number of unbranched alkanes of at least 4 members (excludes halogenated alkanes) is 27. The van der Waals surface area contributed by atoms with Gasteiger partial charge >= 0.3 is 0 Å². The van der Waals surface area contributed by atoms with Gasteiger partial charge in [-0.3, -0.25) is 9.35 Å². The Morgan fingerprint density at radius 3 is 1.26 bits per heavy atom. The molecule has 3 atom stereocenters. The molecule has 8 heteroatoms. The molecule has 0 heterocycles. The molecular formula is C42H81NO6S. The minimum Gasteiger partial charge on any atom is -0.387 e. The van der Waals surface area contributed by atoms with Crippen molar-refractivity contribution in [2.24, 2.45) is 0 Å². The summed E-state index contributed by atoms with van der Waals surface area (Å²) in [4.78, 5) is 12.6. The molecule has 0 fully saturated rings. The molecule has 0 bridgehead atoms. The van der Waals surface area contributed by atoms with Gasteiger partial charge in [-0.25, -0.2) is 0 Å². The smallest absolute Gasteiger partial charge is 0.267 e. The predicted molar refractivity (Wildman–Crippen MR) is 213 cm³/mol. The van der Waals surface area contributed by atoms with Crippen LogP contribution in [0.3, 0.4) is 0 Å². The van der Waals surface area contributed by atoms with Crippen molar-refractivity contribution in [2.75, 3.05) is 5.75 Å². The first-order valence-corrected chi connectivity index (χ1v) is 22.8. The molecule has 0 radical (unpaired) electrons. The first-order valence-electron chi connectivity index (χ1n) is 21.1. The number of amides is 1. The van der Waals surface area contributed by atoms with E-state index in [1.807, 2.05) is 0 Å². The first-order chi connectivity index (χ1) is 24.2. The van der Waals surface area contributed by atoms with Crippen LogP contribution in [-0.2, 0) is 14.9 Å². The molecule has 7 nitrogen and oxygen atoms in total. The summed E-state index contributed by atoms with van der Waals surface area (Å²) < 4.78 is 32.5. The van der Waals surface area contributed by atoms with Gasteiger partial charge in [-0.05, 0) is 44.9 Å². The maximum absolute atomic E-state index is 12.6. The van der Waals surface area contributed by atoms with E-state index in [1.54, 1.807) is 6.08 Å². The SMILES string of the molecule is CCCCCCCCCCCC/C=C/C(O)C(CS(=O)(=O)O)NC(=O)C(O)CCCCCCCC/C=C\CCCCCCCCCCCCC. The lowest BCUT2D eigenvalue weighted by Gasteiger charge is -2.22. The number of hydrogen-bond acceptors (Lipinski definition) is 5. The summed E-state index contributed by atoms with van der Waals surface area (Å²) >= 11 is 0. The molecule has 50 heavy (non-hydrogen) atoms. The third-order valence-electron chi connectivity index (χ3n) is 9.73. The van der Waals surface area contributed by atoms with Crippen LogP contribution in [0.1, 0.15) is 213 Å². The minimum atomic E-state index is -4.44. The number of rotatable bonds is 38. The molecule has 0 saturated carbocycles. The Bertz CT molecular complexity index is 906. The predicted octanol–water partition coefficient (Wildman–Crippen LogP) is 11.3. The van der Waals surface area contributed by atoms with Crippen molar-refractivity contribution < 1.29 is 28.0 Å². The Kier molecular flexibility index (Phi) is 35.3. The second-order valence-corrected chi connectivity index (χ2v) is 16.3. The van der Waals surface area contributed by atoms with Gasteiger partial charge in [0.25, 0.3) is 10.1 Å². The van der Waals surface area contributed by atoms with Gasteiger partial charge in [0.1, 0.15) is 6.10 Å². The van der Waals surface area contributed by atoms with E-state index in [9.17, 15) is 28.0 Å². The Balaban J connectivity index is 3.97. The zero-order valence-corrected chi connectivity index (χ0v) is 33.5. The summed E-state index contributed by atoms with van der Waals surface area (Å²) in [5, 5.41) is 23.4. The van der Waals surface area contributed by atoms with Crippen molar-refractivity contribution in [3.8, 4) is 0 Å². The second kappa shape index (κ2) is 36.2. The van der Waals surface area contributed by atoms with Crippen molar-refractivity contribution in [1.82, 2.24) is 5.32 Å². The largest absolute Gasteiger partial charge is 0.387 e. The van der Waals surface area contributed by atoms with E-state index in [0.29, 0.717) is 6.42 Å². The first kappa shape index (κ1) is 48.8. The van der Waals surface area contributed by atoms with E-state index >= 15 is 0 Å². The van der Waals surface area contributed by atoms with E-state index in [4.69, 9.17) is 0 Å². The number of carbonyl (C=O) groups is 1. The van der Waals surface area contributed by atoms with Crippen LogP contribution in [0, 0.1) is 0 Å². The van der Waals surface area contributed by atoms with Gasteiger partial charge in [-0.1, -0.05) is 192 Å². The Labute approximate surface area is 309 Å². The molecule has 296 valence electrons. The van der Waals surface area contributed by atoms with E-state index in [2.05, 4.69) is 31.3 Å². The lowest BCUT2D eigenvalue weighted by Crippen LogP contribution is -2.50. The van der Waals surface area contributed by atoms with Crippen molar-refractivity contribution in [3.05, 3.63) is 24.3 Å².